The monoisotopic (exact) mass is 348 g/mol. The van der Waals surface area contributed by atoms with Gasteiger partial charge in [0.2, 0.25) is 0 Å². The van der Waals surface area contributed by atoms with Crippen molar-refractivity contribution in [2.24, 2.45) is 0 Å². The van der Waals surface area contributed by atoms with Gasteiger partial charge >= 0.3 is 0 Å². The molecule has 6 nitrogen and oxygen atoms in total. The number of aryl methyl sites for hydroxylation is 1. The van der Waals surface area contributed by atoms with Crippen molar-refractivity contribution in [3.05, 3.63) is 77.5 Å². The minimum atomic E-state index is -0.341. The second kappa shape index (κ2) is 8.11. The molecule has 0 unspecified atom stereocenters. The van der Waals surface area contributed by atoms with Gasteiger partial charge in [0.05, 0.1) is 12.8 Å². The number of para-hydroxylation sites is 2. The lowest BCUT2D eigenvalue weighted by molar-refractivity contribution is 0.102. The predicted molar refractivity (Wildman–Crippen MR) is 101 cm³/mol. The summed E-state index contributed by atoms with van der Waals surface area (Å²) < 4.78 is 5.22. The van der Waals surface area contributed by atoms with E-state index in [9.17, 15) is 4.79 Å². The molecule has 0 radical (unpaired) electrons. The van der Waals surface area contributed by atoms with Crippen molar-refractivity contribution < 1.29 is 9.53 Å². The molecule has 26 heavy (non-hydrogen) atoms. The van der Waals surface area contributed by atoms with Gasteiger partial charge in [-0.15, -0.1) is 10.2 Å². The lowest BCUT2D eigenvalue weighted by Gasteiger charge is -2.09. The van der Waals surface area contributed by atoms with Crippen LogP contribution in [0.5, 0.6) is 5.75 Å². The standard InChI is InChI=1S/C20H20N4O2/c1-14-6-5-7-15(12-14)13-21-19-11-10-17(23-24-19)20(25)22-16-8-3-4-9-18(16)26-2/h3-12H,13H2,1-2H3,(H,21,24)(H,22,25). The number of hydrogen-bond acceptors (Lipinski definition) is 5. The fraction of sp³-hybridized carbons (Fsp3) is 0.150. The minimum Gasteiger partial charge on any atom is -0.495 e. The van der Waals surface area contributed by atoms with Gasteiger partial charge in [-0.2, -0.15) is 0 Å². The number of carbonyl (C=O) groups is 1. The molecule has 0 aliphatic rings. The van der Waals surface area contributed by atoms with Crippen LogP contribution in [0.15, 0.2) is 60.7 Å². The van der Waals surface area contributed by atoms with E-state index in [4.69, 9.17) is 4.74 Å². The van der Waals surface area contributed by atoms with E-state index >= 15 is 0 Å². The third-order valence-corrected chi connectivity index (χ3v) is 3.81. The number of benzene rings is 2. The van der Waals surface area contributed by atoms with Crippen molar-refractivity contribution >= 4 is 17.4 Å². The Morgan fingerprint density at radius 2 is 1.88 bits per heavy atom. The number of aromatic nitrogens is 2. The van der Waals surface area contributed by atoms with Crippen molar-refractivity contribution in [2.45, 2.75) is 13.5 Å². The largest absolute Gasteiger partial charge is 0.495 e. The lowest BCUT2D eigenvalue weighted by Crippen LogP contribution is -2.15. The van der Waals surface area contributed by atoms with Crippen molar-refractivity contribution in [1.29, 1.82) is 0 Å². The minimum absolute atomic E-state index is 0.233. The Bertz CT molecular complexity index is 894. The quantitative estimate of drug-likeness (QED) is 0.711. The summed E-state index contributed by atoms with van der Waals surface area (Å²) in [6.45, 7) is 2.70. The van der Waals surface area contributed by atoms with E-state index in [1.54, 1.807) is 31.4 Å². The second-order valence-electron chi connectivity index (χ2n) is 5.80. The zero-order valence-electron chi connectivity index (χ0n) is 14.7. The van der Waals surface area contributed by atoms with Gasteiger partial charge < -0.3 is 15.4 Å². The summed E-state index contributed by atoms with van der Waals surface area (Å²) in [6.07, 6.45) is 0. The average molecular weight is 348 g/mol. The highest BCUT2D eigenvalue weighted by molar-refractivity contribution is 6.03. The molecule has 0 saturated heterocycles. The first-order chi connectivity index (χ1) is 12.7. The molecule has 0 atom stereocenters. The van der Waals surface area contributed by atoms with Gasteiger partial charge in [0.15, 0.2) is 5.69 Å². The van der Waals surface area contributed by atoms with Crippen molar-refractivity contribution in [1.82, 2.24) is 10.2 Å². The molecule has 2 N–H and O–H groups in total. The summed E-state index contributed by atoms with van der Waals surface area (Å²) in [5, 5.41) is 14.0. The molecule has 3 rings (SSSR count). The Labute approximate surface area is 152 Å². The Kier molecular flexibility index (Phi) is 5.43. The summed E-state index contributed by atoms with van der Waals surface area (Å²) in [4.78, 5) is 12.3. The molecule has 0 bridgehead atoms. The van der Waals surface area contributed by atoms with E-state index < -0.39 is 0 Å². The summed E-state index contributed by atoms with van der Waals surface area (Å²) >= 11 is 0. The molecule has 3 aromatic rings. The summed E-state index contributed by atoms with van der Waals surface area (Å²) in [6, 6.07) is 18.8. The van der Waals surface area contributed by atoms with E-state index in [0.717, 1.165) is 5.56 Å². The molecular weight excluding hydrogens is 328 g/mol. The molecule has 0 aliphatic heterocycles. The zero-order chi connectivity index (χ0) is 18.4. The van der Waals surface area contributed by atoms with Gasteiger partial charge in [0, 0.05) is 6.54 Å². The molecular formula is C20H20N4O2. The molecule has 1 aromatic heterocycles. The number of methoxy groups -OCH3 is 1. The van der Waals surface area contributed by atoms with Gasteiger partial charge in [0.1, 0.15) is 11.6 Å². The zero-order valence-corrected chi connectivity index (χ0v) is 14.7. The summed E-state index contributed by atoms with van der Waals surface area (Å²) in [5.41, 5.74) is 3.18. The van der Waals surface area contributed by atoms with Gasteiger partial charge in [-0.05, 0) is 36.8 Å². The number of rotatable bonds is 6. The van der Waals surface area contributed by atoms with Crippen molar-refractivity contribution in [2.75, 3.05) is 17.7 Å². The third kappa shape index (κ3) is 4.36. The van der Waals surface area contributed by atoms with Crippen LogP contribution in [0.3, 0.4) is 0 Å². The van der Waals surface area contributed by atoms with E-state index in [1.165, 1.54) is 5.56 Å². The van der Waals surface area contributed by atoms with E-state index in [-0.39, 0.29) is 11.6 Å². The molecule has 0 aliphatic carbocycles. The highest BCUT2D eigenvalue weighted by Crippen LogP contribution is 2.23. The van der Waals surface area contributed by atoms with E-state index in [1.807, 2.05) is 24.3 Å². The van der Waals surface area contributed by atoms with Gasteiger partial charge in [-0.25, -0.2) is 0 Å². The van der Waals surface area contributed by atoms with E-state index in [0.29, 0.717) is 23.8 Å². The van der Waals surface area contributed by atoms with Crippen LogP contribution in [-0.4, -0.2) is 23.2 Å². The van der Waals surface area contributed by atoms with Gasteiger partial charge in [-0.3, -0.25) is 4.79 Å². The first-order valence-corrected chi connectivity index (χ1v) is 8.23. The maximum Gasteiger partial charge on any atom is 0.276 e. The normalized spacial score (nSPS) is 10.2. The Morgan fingerprint density at radius 3 is 2.62 bits per heavy atom. The first kappa shape index (κ1) is 17.4. The number of ether oxygens (including phenoxy) is 1. The fourth-order valence-corrected chi connectivity index (χ4v) is 2.50. The van der Waals surface area contributed by atoms with Crippen LogP contribution in [0.2, 0.25) is 0 Å². The Hall–Kier alpha value is -3.41. The molecule has 0 fully saturated rings. The van der Waals surface area contributed by atoms with Crippen LogP contribution >= 0.6 is 0 Å². The molecule has 0 spiro atoms. The van der Waals surface area contributed by atoms with Gasteiger partial charge in [-0.1, -0.05) is 42.0 Å². The fourth-order valence-electron chi connectivity index (χ4n) is 2.50. The lowest BCUT2D eigenvalue weighted by atomic mass is 10.1. The first-order valence-electron chi connectivity index (χ1n) is 8.23. The van der Waals surface area contributed by atoms with Crippen LogP contribution in [0.25, 0.3) is 0 Å². The topological polar surface area (TPSA) is 76.1 Å². The Morgan fingerprint density at radius 1 is 1.04 bits per heavy atom. The maximum atomic E-state index is 12.3. The van der Waals surface area contributed by atoms with Crippen LogP contribution in [-0.2, 0) is 6.54 Å². The molecule has 6 heteroatoms. The summed E-state index contributed by atoms with van der Waals surface area (Å²) in [7, 11) is 1.56. The number of nitrogens with zero attached hydrogens (tertiary/aromatic N) is 2. The van der Waals surface area contributed by atoms with Crippen LogP contribution in [0.1, 0.15) is 21.6 Å². The molecule has 1 amide bonds. The van der Waals surface area contributed by atoms with Crippen LogP contribution in [0, 0.1) is 6.92 Å². The Balaban J connectivity index is 1.62. The highest BCUT2D eigenvalue weighted by atomic mass is 16.5. The van der Waals surface area contributed by atoms with E-state index in [2.05, 4.69) is 39.9 Å². The third-order valence-electron chi connectivity index (χ3n) is 3.81. The number of anilines is 2. The summed E-state index contributed by atoms with van der Waals surface area (Å²) in [5.74, 6) is 0.859. The highest BCUT2D eigenvalue weighted by Gasteiger charge is 2.11. The van der Waals surface area contributed by atoms with Crippen LogP contribution < -0.4 is 15.4 Å². The van der Waals surface area contributed by atoms with Crippen molar-refractivity contribution in [3.63, 3.8) is 0 Å². The number of hydrogen-bond donors (Lipinski definition) is 2. The second-order valence-corrected chi connectivity index (χ2v) is 5.80. The molecule has 0 saturated carbocycles. The number of amides is 1. The van der Waals surface area contributed by atoms with Crippen molar-refractivity contribution in [3.8, 4) is 5.75 Å². The predicted octanol–water partition coefficient (Wildman–Crippen LogP) is 3.66. The molecule has 2 aromatic carbocycles. The molecule has 1 heterocycles. The smallest absolute Gasteiger partial charge is 0.276 e. The molecule has 132 valence electrons. The number of nitrogens with one attached hydrogen (secondary N) is 2. The van der Waals surface area contributed by atoms with Gasteiger partial charge in [0.25, 0.3) is 5.91 Å². The van der Waals surface area contributed by atoms with Crippen LogP contribution in [0.4, 0.5) is 11.5 Å². The average Bonchev–Trinajstić information content (AvgIpc) is 2.67. The maximum absolute atomic E-state index is 12.3. The SMILES string of the molecule is COc1ccccc1NC(=O)c1ccc(NCc2cccc(C)c2)nn1. The number of carbonyl (C=O) groups excluding carboxylic acids is 1.